The van der Waals surface area contributed by atoms with E-state index in [9.17, 15) is 0 Å². The predicted molar refractivity (Wildman–Crippen MR) is 82.3 cm³/mol. The molecule has 0 amide bonds. The molecule has 0 aromatic heterocycles. The van der Waals surface area contributed by atoms with Crippen LogP contribution in [0.5, 0.6) is 0 Å². The van der Waals surface area contributed by atoms with E-state index in [0.717, 1.165) is 24.9 Å². The lowest BCUT2D eigenvalue weighted by Gasteiger charge is -2.46. The highest BCUT2D eigenvalue weighted by atomic mass is 15.1. The molecule has 1 aromatic rings. The van der Waals surface area contributed by atoms with Gasteiger partial charge in [-0.05, 0) is 58.2 Å². The minimum absolute atomic E-state index is 0.171. The summed E-state index contributed by atoms with van der Waals surface area (Å²) in [6.07, 6.45) is 2.26. The number of piperidine rings is 1. The van der Waals surface area contributed by atoms with Gasteiger partial charge < -0.3 is 10.6 Å². The molecule has 20 heavy (non-hydrogen) atoms. The molecule has 1 aliphatic heterocycles. The second-order valence-electron chi connectivity index (χ2n) is 7.19. The molecule has 1 aromatic carbocycles. The van der Waals surface area contributed by atoms with E-state index in [1.54, 1.807) is 0 Å². The van der Waals surface area contributed by atoms with Crippen LogP contribution < -0.4 is 10.6 Å². The maximum Gasteiger partial charge on any atom is 0.0991 e. The van der Waals surface area contributed by atoms with Crippen LogP contribution in [0.2, 0.25) is 0 Å². The van der Waals surface area contributed by atoms with Crippen LogP contribution in [0.25, 0.3) is 0 Å². The van der Waals surface area contributed by atoms with E-state index in [4.69, 9.17) is 5.26 Å². The van der Waals surface area contributed by atoms with Crippen LogP contribution in [0.15, 0.2) is 24.3 Å². The second-order valence-corrected chi connectivity index (χ2v) is 7.19. The number of rotatable bonds is 3. The van der Waals surface area contributed by atoms with E-state index < -0.39 is 0 Å². The summed E-state index contributed by atoms with van der Waals surface area (Å²) in [5.41, 5.74) is 2.30. The minimum atomic E-state index is 0.171. The van der Waals surface area contributed by atoms with Crippen molar-refractivity contribution in [1.29, 1.82) is 5.26 Å². The van der Waals surface area contributed by atoms with Crippen LogP contribution in [-0.2, 0) is 6.54 Å². The topological polar surface area (TPSA) is 47.9 Å². The Kier molecular flexibility index (Phi) is 4.17. The molecule has 1 fully saturated rings. The molecule has 2 rings (SSSR count). The van der Waals surface area contributed by atoms with E-state index in [-0.39, 0.29) is 11.1 Å². The number of hydrogen-bond acceptors (Lipinski definition) is 3. The first kappa shape index (κ1) is 15.0. The van der Waals surface area contributed by atoms with Gasteiger partial charge in [-0.25, -0.2) is 0 Å². The van der Waals surface area contributed by atoms with Gasteiger partial charge in [-0.3, -0.25) is 0 Å². The van der Waals surface area contributed by atoms with Crippen molar-refractivity contribution in [3.63, 3.8) is 0 Å². The highest BCUT2D eigenvalue weighted by molar-refractivity contribution is 5.31. The lowest BCUT2D eigenvalue weighted by atomic mass is 9.79. The van der Waals surface area contributed by atoms with Gasteiger partial charge >= 0.3 is 0 Å². The molecule has 1 saturated heterocycles. The molecule has 0 radical (unpaired) electrons. The van der Waals surface area contributed by atoms with Gasteiger partial charge in [0.1, 0.15) is 0 Å². The Bertz CT molecular complexity index is 478. The first-order chi connectivity index (χ1) is 9.30. The summed E-state index contributed by atoms with van der Waals surface area (Å²) >= 11 is 0. The zero-order valence-electron chi connectivity index (χ0n) is 13.0. The smallest absolute Gasteiger partial charge is 0.0991 e. The van der Waals surface area contributed by atoms with Crippen LogP contribution in [0.3, 0.4) is 0 Å². The van der Waals surface area contributed by atoms with Gasteiger partial charge in [0, 0.05) is 23.7 Å². The molecule has 108 valence electrons. The van der Waals surface area contributed by atoms with Gasteiger partial charge in [-0.1, -0.05) is 12.1 Å². The van der Waals surface area contributed by atoms with Gasteiger partial charge in [0.05, 0.1) is 11.6 Å². The molecule has 3 heteroatoms. The molecule has 0 saturated carbocycles. The monoisotopic (exact) mass is 271 g/mol. The van der Waals surface area contributed by atoms with E-state index in [1.807, 2.05) is 24.3 Å². The van der Waals surface area contributed by atoms with Gasteiger partial charge in [-0.15, -0.1) is 0 Å². The van der Waals surface area contributed by atoms with Crippen molar-refractivity contribution in [1.82, 2.24) is 10.6 Å². The molecule has 0 atom stereocenters. The number of nitriles is 1. The van der Waals surface area contributed by atoms with E-state index in [0.29, 0.717) is 6.04 Å². The van der Waals surface area contributed by atoms with Crippen LogP contribution in [-0.4, -0.2) is 17.1 Å². The fourth-order valence-corrected chi connectivity index (χ4v) is 3.43. The van der Waals surface area contributed by atoms with Crippen LogP contribution in [0, 0.1) is 11.3 Å². The maximum absolute atomic E-state index is 8.80. The minimum Gasteiger partial charge on any atom is -0.310 e. The van der Waals surface area contributed by atoms with Gasteiger partial charge in [0.25, 0.3) is 0 Å². The van der Waals surface area contributed by atoms with Gasteiger partial charge in [0.2, 0.25) is 0 Å². The normalized spacial score (nSPS) is 21.4. The molecule has 1 heterocycles. The van der Waals surface area contributed by atoms with Crippen molar-refractivity contribution >= 4 is 0 Å². The first-order valence-corrected chi connectivity index (χ1v) is 7.31. The van der Waals surface area contributed by atoms with Crippen molar-refractivity contribution in [2.24, 2.45) is 0 Å². The van der Waals surface area contributed by atoms with Crippen LogP contribution >= 0.6 is 0 Å². The number of benzene rings is 1. The summed E-state index contributed by atoms with van der Waals surface area (Å²) in [6.45, 7) is 9.94. The Balaban J connectivity index is 1.94. The lowest BCUT2D eigenvalue weighted by molar-refractivity contribution is 0.145. The molecule has 0 bridgehead atoms. The summed E-state index contributed by atoms with van der Waals surface area (Å²) in [4.78, 5) is 0. The van der Waals surface area contributed by atoms with E-state index >= 15 is 0 Å². The number of nitrogens with zero attached hydrogens (tertiary/aromatic N) is 1. The van der Waals surface area contributed by atoms with Crippen molar-refractivity contribution in [2.45, 2.75) is 64.2 Å². The standard InChI is InChI=1S/C17H25N3/c1-16(2)9-15(10-17(3,4)20-16)19-12-14-7-5-13(11-18)6-8-14/h5-8,15,19-20H,9-10,12H2,1-4H3. The Labute approximate surface area is 122 Å². The second kappa shape index (κ2) is 5.55. The molecule has 3 nitrogen and oxygen atoms in total. The molecular weight excluding hydrogens is 246 g/mol. The number of nitrogens with one attached hydrogen (secondary N) is 2. The third kappa shape index (κ3) is 4.06. The third-order valence-electron chi connectivity index (χ3n) is 3.87. The maximum atomic E-state index is 8.80. The fraction of sp³-hybridized carbons (Fsp3) is 0.588. The van der Waals surface area contributed by atoms with Crippen molar-refractivity contribution in [3.05, 3.63) is 35.4 Å². The highest BCUT2D eigenvalue weighted by Crippen LogP contribution is 2.28. The Morgan fingerprint density at radius 2 is 1.70 bits per heavy atom. The average molecular weight is 271 g/mol. The fourth-order valence-electron chi connectivity index (χ4n) is 3.43. The average Bonchev–Trinajstić information content (AvgIpc) is 2.33. The largest absolute Gasteiger partial charge is 0.310 e. The summed E-state index contributed by atoms with van der Waals surface area (Å²) in [6, 6.07) is 10.5. The summed E-state index contributed by atoms with van der Waals surface area (Å²) < 4.78 is 0. The predicted octanol–water partition coefficient (Wildman–Crippen LogP) is 2.96. The quantitative estimate of drug-likeness (QED) is 0.888. The Morgan fingerprint density at radius 3 is 2.20 bits per heavy atom. The van der Waals surface area contributed by atoms with Crippen LogP contribution in [0.4, 0.5) is 0 Å². The molecule has 0 spiro atoms. The molecule has 2 N–H and O–H groups in total. The summed E-state index contributed by atoms with van der Waals surface area (Å²) in [5.74, 6) is 0. The SMILES string of the molecule is CC1(C)CC(NCc2ccc(C#N)cc2)CC(C)(C)N1. The molecular formula is C17H25N3. The molecule has 0 unspecified atom stereocenters. The zero-order valence-corrected chi connectivity index (χ0v) is 13.0. The lowest BCUT2D eigenvalue weighted by Crippen LogP contribution is -2.61. The summed E-state index contributed by atoms with van der Waals surface area (Å²) in [5, 5.41) is 16.2. The van der Waals surface area contributed by atoms with Gasteiger partial charge in [-0.2, -0.15) is 5.26 Å². The summed E-state index contributed by atoms with van der Waals surface area (Å²) in [7, 11) is 0. The molecule has 0 aliphatic carbocycles. The van der Waals surface area contributed by atoms with E-state index in [2.05, 4.69) is 44.4 Å². The molecule has 1 aliphatic rings. The zero-order chi connectivity index (χ0) is 14.8. The highest BCUT2D eigenvalue weighted by Gasteiger charge is 2.37. The van der Waals surface area contributed by atoms with Gasteiger partial charge in [0.15, 0.2) is 0 Å². The Morgan fingerprint density at radius 1 is 1.15 bits per heavy atom. The van der Waals surface area contributed by atoms with Crippen LogP contribution in [0.1, 0.15) is 51.7 Å². The third-order valence-corrected chi connectivity index (χ3v) is 3.87. The Hall–Kier alpha value is -1.37. The first-order valence-electron chi connectivity index (χ1n) is 7.31. The number of hydrogen-bond donors (Lipinski definition) is 2. The van der Waals surface area contributed by atoms with Crippen molar-refractivity contribution in [2.75, 3.05) is 0 Å². The van der Waals surface area contributed by atoms with Crippen molar-refractivity contribution < 1.29 is 0 Å². The van der Waals surface area contributed by atoms with Crippen molar-refractivity contribution in [3.8, 4) is 6.07 Å². The van der Waals surface area contributed by atoms with E-state index in [1.165, 1.54) is 5.56 Å².